The van der Waals surface area contributed by atoms with E-state index in [0.29, 0.717) is 0 Å². The van der Waals surface area contributed by atoms with E-state index in [2.05, 4.69) is 15.1 Å². The fraction of sp³-hybridized carbons (Fsp3) is 0.444. The quantitative estimate of drug-likeness (QED) is 0.751. The van der Waals surface area contributed by atoms with Crippen molar-refractivity contribution >= 4 is 11.8 Å². The summed E-state index contributed by atoms with van der Waals surface area (Å²) >= 11 is 0. The van der Waals surface area contributed by atoms with Gasteiger partial charge in [0.2, 0.25) is 0 Å². The van der Waals surface area contributed by atoms with Gasteiger partial charge in [0.25, 0.3) is 0 Å². The lowest BCUT2D eigenvalue weighted by molar-refractivity contribution is 0.0689. The van der Waals surface area contributed by atoms with Gasteiger partial charge in [0.15, 0.2) is 11.5 Å². The first-order valence-electron chi connectivity index (χ1n) is 4.59. The van der Waals surface area contributed by atoms with Crippen LogP contribution in [0.3, 0.4) is 0 Å². The molecule has 1 aliphatic heterocycles. The van der Waals surface area contributed by atoms with Gasteiger partial charge in [-0.15, -0.1) is 10.2 Å². The van der Waals surface area contributed by atoms with Gasteiger partial charge in [-0.05, 0) is 25.0 Å². The van der Waals surface area contributed by atoms with Gasteiger partial charge in [-0.25, -0.2) is 4.79 Å². The molecule has 1 fully saturated rings. The lowest BCUT2D eigenvalue weighted by Gasteiger charge is -2.14. The Kier molecular flexibility index (Phi) is 2.30. The summed E-state index contributed by atoms with van der Waals surface area (Å²) in [4.78, 5) is 12.6. The van der Waals surface area contributed by atoms with Gasteiger partial charge in [-0.1, -0.05) is 0 Å². The van der Waals surface area contributed by atoms with Crippen LogP contribution < -0.4 is 4.90 Å². The lowest BCUT2D eigenvalue weighted by Crippen LogP contribution is -2.19. The zero-order valence-electron chi connectivity index (χ0n) is 7.68. The van der Waals surface area contributed by atoms with E-state index >= 15 is 0 Å². The first-order valence-corrected chi connectivity index (χ1v) is 4.59. The SMILES string of the molecule is O=C(O)c1ccc(N2CCCC2)nn1. The second kappa shape index (κ2) is 3.61. The molecule has 0 aliphatic carbocycles. The van der Waals surface area contributed by atoms with Gasteiger partial charge >= 0.3 is 5.97 Å². The van der Waals surface area contributed by atoms with E-state index in [4.69, 9.17) is 5.11 Å². The topological polar surface area (TPSA) is 66.3 Å². The number of hydrogen-bond donors (Lipinski definition) is 1. The van der Waals surface area contributed by atoms with E-state index < -0.39 is 5.97 Å². The average Bonchev–Trinajstić information content (AvgIpc) is 2.71. The molecule has 2 heterocycles. The van der Waals surface area contributed by atoms with Crippen molar-refractivity contribution in [3.63, 3.8) is 0 Å². The Hall–Kier alpha value is -1.65. The Morgan fingerprint density at radius 3 is 2.50 bits per heavy atom. The molecule has 2 rings (SSSR count). The van der Waals surface area contributed by atoms with Gasteiger partial charge in [-0.2, -0.15) is 0 Å². The second-order valence-electron chi connectivity index (χ2n) is 3.28. The van der Waals surface area contributed by atoms with Crippen molar-refractivity contribution in [3.05, 3.63) is 17.8 Å². The highest BCUT2D eigenvalue weighted by molar-refractivity contribution is 5.85. The van der Waals surface area contributed by atoms with Crippen LogP contribution in [0, 0.1) is 0 Å². The molecule has 1 aliphatic rings. The zero-order valence-corrected chi connectivity index (χ0v) is 7.68. The molecular formula is C9H11N3O2. The van der Waals surface area contributed by atoms with Gasteiger partial charge in [0.1, 0.15) is 0 Å². The maximum Gasteiger partial charge on any atom is 0.356 e. The van der Waals surface area contributed by atoms with Gasteiger partial charge in [0, 0.05) is 13.1 Å². The third-order valence-electron chi connectivity index (χ3n) is 2.30. The van der Waals surface area contributed by atoms with Crippen LogP contribution in [0.15, 0.2) is 12.1 Å². The smallest absolute Gasteiger partial charge is 0.356 e. The minimum absolute atomic E-state index is 0.00653. The van der Waals surface area contributed by atoms with E-state index in [1.807, 2.05) is 0 Å². The molecule has 0 amide bonds. The molecule has 5 nitrogen and oxygen atoms in total. The van der Waals surface area contributed by atoms with Crippen molar-refractivity contribution in [1.82, 2.24) is 10.2 Å². The fourth-order valence-corrected chi connectivity index (χ4v) is 1.55. The van der Waals surface area contributed by atoms with E-state index in [1.165, 1.54) is 18.9 Å². The van der Waals surface area contributed by atoms with Crippen molar-refractivity contribution in [2.24, 2.45) is 0 Å². The normalized spacial score (nSPS) is 15.9. The number of carbonyl (C=O) groups is 1. The minimum Gasteiger partial charge on any atom is -0.476 e. The van der Waals surface area contributed by atoms with E-state index in [1.54, 1.807) is 6.07 Å². The molecule has 1 saturated heterocycles. The monoisotopic (exact) mass is 193 g/mol. The van der Waals surface area contributed by atoms with Crippen molar-refractivity contribution in [2.45, 2.75) is 12.8 Å². The molecule has 0 unspecified atom stereocenters. The summed E-state index contributed by atoms with van der Waals surface area (Å²) in [5.41, 5.74) is -0.00653. The number of anilines is 1. The van der Waals surface area contributed by atoms with Crippen LogP contribution in [0.2, 0.25) is 0 Å². The van der Waals surface area contributed by atoms with Crippen molar-refractivity contribution in [3.8, 4) is 0 Å². The zero-order chi connectivity index (χ0) is 9.97. The Labute approximate surface area is 81.4 Å². The van der Waals surface area contributed by atoms with Crippen LogP contribution in [-0.2, 0) is 0 Å². The molecule has 1 aromatic heterocycles. The van der Waals surface area contributed by atoms with Crippen LogP contribution in [0.1, 0.15) is 23.3 Å². The molecule has 0 radical (unpaired) electrons. The molecule has 0 aromatic carbocycles. The number of nitrogens with zero attached hydrogens (tertiary/aromatic N) is 3. The summed E-state index contributed by atoms with van der Waals surface area (Å²) in [7, 11) is 0. The highest BCUT2D eigenvalue weighted by atomic mass is 16.4. The van der Waals surface area contributed by atoms with Crippen LogP contribution in [0.4, 0.5) is 5.82 Å². The molecule has 1 aromatic rings. The molecule has 0 atom stereocenters. The fourth-order valence-electron chi connectivity index (χ4n) is 1.55. The van der Waals surface area contributed by atoms with Crippen LogP contribution in [-0.4, -0.2) is 34.4 Å². The number of aromatic nitrogens is 2. The number of aromatic carboxylic acids is 1. The third kappa shape index (κ3) is 1.66. The maximum absolute atomic E-state index is 10.5. The van der Waals surface area contributed by atoms with Gasteiger partial charge in [-0.3, -0.25) is 0 Å². The average molecular weight is 193 g/mol. The van der Waals surface area contributed by atoms with Crippen molar-refractivity contribution < 1.29 is 9.90 Å². The molecule has 1 N–H and O–H groups in total. The van der Waals surface area contributed by atoms with Gasteiger partial charge < -0.3 is 10.0 Å². The predicted molar refractivity (Wildman–Crippen MR) is 50.4 cm³/mol. The minimum atomic E-state index is -1.04. The number of rotatable bonds is 2. The number of carboxylic acid groups (broad SMARTS) is 1. The molecule has 0 bridgehead atoms. The van der Waals surface area contributed by atoms with Crippen molar-refractivity contribution in [1.29, 1.82) is 0 Å². The first kappa shape index (κ1) is 8.93. The first-order chi connectivity index (χ1) is 6.77. The van der Waals surface area contributed by atoms with Crippen LogP contribution >= 0.6 is 0 Å². The number of carboxylic acids is 1. The summed E-state index contributed by atoms with van der Waals surface area (Å²) in [6, 6.07) is 3.20. The molecule has 5 heteroatoms. The molecule has 14 heavy (non-hydrogen) atoms. The Bertz CT molecular complexity index is 330. The summed E-state index contributed by atoms with van der Waals surface area (Å²) < 4.78 is 0. The Balaban J connectivity index is 2.16. The Morgan fingerprint density at radius 1 is 1.29 bits per heavy atom. The van der Waals surface area contributed by atoms with Crippen molar-refractivity contribution in [2.75, 3.05) is 18.0 Å². The standard InChI is InChI=1S/C9H11N3O2/c13-9(14)7-3-4-8(11-10-7)12-5-1-2-6-12/h3-4H,1-2,5-6H2,(H,13,14). The van der Waals surface area contributed by atoms with E-state index in [9.17, 15) is 4.79 Å². The Morgan fingerprint density at radius 2 is 2.00 bits per heavy atom. The van der Waals surface area contributed by atoms with Crippen LogP contribution in [0.25, 0.3) is 0 Å². The molecule has 74 valence electrons. The maximum atomic E-state index is 10.5. The molecule has 0 spiro atoms. The summed E-state index contributed by atoms with van der Waals surface area (Å²) in [6.45, 7) is 1.97. The third-order valence-corrected chi connectivity index (χ3v) is 2.30. The van der Waals surface area contributed by atoms with Gasteiger partial charge in [0.05, 0.1) is 0 Å². The highest BCUT2D eigenvalue weighted by Crippen LogP contribution is 2.16. The highest BCUT2D eigenvalue weighted by Gasteiger charge is 2.14. The molecular weight excluding hydrogens is 182 g/mol. The molecule has 0 saturated carbocycles. The summed E-state index contributed by atoms with van der Waals surface area (Å²) in [6.07, 6.45) is 2.34. The number of hydrogen-bond acceptors (Lipinski definition) is 4. The lowest BCUT2D eigenvalue weighted by atomic mass is 10.4. The van der Waals surface area contributed by atoms with Crippen LogP contribution in [0.5, 0.6) is 0 Å². The van der Waals surface area contributed by atoms with E-state index in [0.717, 1.165) is 18.9 Å². The largest absolute Gasteiger partial charge is 0.476 e. The predicted octanol–water partition coefficient (Wildman–Crippen LogP) is 0.775. The summed E-state index contributed by atoms with van der Waals surface area (Å²) in [5.74, 6) is -0.266. The second-order valence-corrected chi connectivity index (χ2v) is 3.28. The van der Waals surface area contributed by atoms with E-state index in [-0.39, 0.29) is 5.69 Å². The summed E-state index contributed by atoms with van der Waals surface area (Å²) in [5, 5.41) is 16.1.